The Balaban J connectivity index is 1.35. The summed E-state index contributed by atoms with van der Waals surface area (Å²) in [6.07, 6.45) is 1.21. The number of carbonyl (C=O) groups excluding carboxylic acids is 2. The second-order valence-electron chi connectivity index (χ2n) is 7.72. The Bertz CT molecular complexity index is 1310. The van der Waals surface area contributed by atoms with Gasteiger partial charge in [0.2, 0.25) is 0 Å². The molecule has 1 saturated heterocycles. The quantitative estimate of drug-likeness (QED) is 0.421. The topological polar surface area (TPSA) is 128 Å². The van der Waals surface area contributed by atoms with Gasteiger partial charge in [-0.25, -0.2) is 19.7 Å². The second-order valence-corrected chi connectivity index (χ2v) is 7.72. The monoisotopic (exact) mass is 459 g/mol. The van der Waals surface area contributed by atoms with Crippen LogP contribution in [0, 0.1) is 0 Å². The number of carbonyl (C=O) groups is 2. The number of benzene rings is 2. The van der Waals surface area contributed by atoms with Gasteiger partial charge >= 0.3 is 5.97 Å². The van der Waals surface area contributed by atoms with Crippen molar-refractivity contribution in [3.8, 4) is 0 Å². The molecular weight excluding hydrogens is 438 g/mol. The van der Waals surface area contributed by atoms with Crippen molar-refractivity contribution in [3.05, 3.63) is 84.4 Å². The van der Waals surface area contributed by atoms with E-state index in [-0.39, 0.29) is 18.3 Å². The number of aromatic nitrogens is 4. The van der Waals surface area contributed by atoms with Crippen molar-refractivity contribution in [1.29, 1.82) is 0 Å². The van der Waals surface area contributed by atoms with Crippen LogP contribution in [0.25, 0.3) is 11.2 Å². The third kappa shape index (κ3) is 4.24. The number of hydrogen-bond donors (Lipinski definition) is 2. The first-order chi connectivity index (χ1) is 16.6. The summed E-state index contributed by atoms with van der Waals surface area (Å²) >= 11 is 0. The first kappa shape index (κ1) is 21.7. The molecule has 2 aromatic carbocycles. The van der Waals surface area contributed by atoms with Gasteiger partial charge in [0.1, 0.15) is 24.8 Å². The number of esters is 1. The summed E-state index contributed by atoms with van der Waals surface area (Å²) < 4.78 is 13.2. The molecule has 1 aliphatic rings. The van der Waals surface area contributed by atoms with E-state index >= 15 is 0 Å². The van der Waals surface area contributed by atoms with Gasteiger partial charge in [-0.2, -0.15) is 0 Å². The number of hydrogen-bond acceptors (Lipinski definition) is 8. The molecule has 1 fully saturated rings. The molecule has 0 spiro atoms. The summed E-state index contributed by atoms with van der Waals surface area (Å²) in [5, 5.41) is 12.5. The van der Waals surface area contributed by atoms with E-state index in [0.29, 0.717) is 28.7 Å². The number of amides is 1. The molecule has 0 bridgehead atoms. The van der Waals surface area contributed by atoms with Crippen molar-refractivity contribution in [2.45, 2.75) is 24.9 Å². The van der Waals surface area contributed by atoms with E-state index in [1.807, 2.05) is 12.1 Å². The molecule has 0 unspecified atom stereocenters. The molecule has 0 saturated carbocycles. The zero-order valence-corrected chi connectivity index (χ0v) is 17.9. The molecule has 0 aliphatic carbocycles. The van der Waals surface area contributed by atoms with Crippen LogP contribution in [0.2, 0.25) is 0 Å². The molecule has 0 radical (unpaired) electrons. The highest BCUT2D eigenvalue weighted by molar-refractivity contribution is 6.06. The van der Waals surface area contributed by atoms with E-state index in [1.165, 1.54) is 12.7 Å². The van der Waals surface area contributed by atoms with Gasteiger partial charge in [0, 0.05) is 12.0 Å². The summed E-state index contributed by atoms with van der Waals surface area (Å²) in [5.41, 5.74) is 1.74. The van der Waals surface area contributed by atoms with Crippen LogP contribution in [0.4, 0.5) is 5.82 Å². The van der Waals surface area contributed by atoms with Crippen LogP contribution in [0.5, 0.6) is 0 Å². The van der Waals surface area contributed by atoms with Crippen LogP contribution in [-0.4, -0.2) is 55.3 Å². The van der Waals surface area contributed by atoms with Crippen LogP contribution in [0.3, 0.4) is 0 Å². The minimum Gasteiger partial charge on any atom is -0.456 e. The highest BCUT2D eigenvalue weighted by Crippen LogP contribution is 2.33. The molecule has 3 atom stereocenters. The van der Waals surface area contributed by atoms with Crippen molar-refractivity contribution in [2.24, 2.45) is 0 Å². The fraction of sp³-hybridized carbons (Fsp3) is 0.208. The lowest BCUT2D eigenvalue weighted by atomic mass is 10.1. The van der Waals surface area contributed by atoms with Crippen LogP contribution in [0.1, 0.15) is 33.4 Å². The third-order valence-electron chi connectivity index (χ3n) is 5.57. The fourth-order valence-electron chi connectivity index (χ4n) is 3.86. The van der Waals surface area contributed by atoms with Gasteiger partial charge in [-0.05, 0) is 24.3 Å². The van der Waals surface area contributed by atoms with Crippen molar-refractivity contribution in [2.75, 3.05) is 11.9 Å². The summed E-state index contributed by atoms with van der Waals surface area (Å²) in [7, 11) is 0. The van der Waals surface area contributed by atoms with Crippen molar-refractivity contribution in [3.63, 3.8) is 0 Å². The minimum atomic E-state index is -0.700. The average molecular weight is 459 g/mol. The Labute approximate surface area is 194 Å². The predicted octanol–water partition coefficient (Wildman–Crippen LogP) is 2.58. The number of imidazole rings is 1. The van der Waals surface area contributed by atoms with E-state index in [1.54, 1.807) is 53.1 Å². The summed E-state index contributed by atoms with van der Waals surface area (Å²) in [6, 6.07) is 17.4. The van der Waals surface area contributed by atoms with Crippen molar-refractivity contribution >= 4 is 28.9 Å². The van der Waals surface area contributed by atoms with Gasteiger partial charge in [0.05, 0.1) is 18.5 Å². The van der Waals surface area contributed by atoms with Crippen LogP contribution in [0.15, 0.2) is 73.3 Å². The number of aliphatic hydroxyl groups is 1. The summed E-state index contributed by atoms with van der Waals surface area (Å²) in [6.45, 7) is -0.316. The lowest BCUT2D eigenvalue weighted by molar-refractivity contribution is -0.0500. The minimum absolute atomic E-state index is 0.265. The number of anilines is 1. The first-order valence-electron chi connectivity index (χ1n) is 10.7. The number of rotatable bonds is 6. The lowest BCUT2D eigenvalue weighted by Gasteiger charge is -2.16. The van der Waals surface area contributed by atoms with E-state index in [2.05, 4.69) is 20.3 Å². The van der Waals surface area contributed by atoms with Crippen molar-refractivity contribution in [1.82, 2.24) is 19.5 Å². The summed E-state index contributed by atoms with van der Waals surface area (Å²) in [5.74, 6) is -0.543. The number of aliphatic hydroxyl groups excluding tert-OH is 1. The number of ether oxygens (including phenoxy) is 2. The van der Waals surface area contributed by atoms with E-state index in [4.69, 9.17) is 9.47 Å². The molecule has 2 N–H and O–H groups in total. The largest absolute Gasteiger partial charge is 0.456 e. The Morgan fingerprint density at radius 2 is 1.74 bits per heavy atom. The van der Waals surface area contributed by atoms with Crippen LogP contribution < -0.4 is 5.32 Å². The van der Waals surface area contributed by atoms with Gasteiger partial charge in [-0.3, -0.25) is 9.36 Å². The molecule has 1 aliphatic heterocycles. The highest BCUT2D eigenvalue weighted by atomic mass is 16.6. The van der Waals surface area contributed by atoms with Crippen LogP contribution >= 0.6 is 0 Å². The molecule has 1 amide bonds. The van der Waals surface area contributed by atoms with E-state index in [0.717, 1.165) is 0 Å². The molecule has 34 heavy (non-hydrogen) atoms. The first-order valence-corrected chi connectivity index (χ1v) is 10.7. The number of nitrogens with one attached hydrogen (secondary N) is 1. The predicted molar refractivity (Wildman–Crippen MR) is 121 cm³/mol. The zero-order valence-electron chi connectivity index (χ0n) is 17.9. The van der Waals surface area contributed by atoms with Gasteiger partial charge in [-0.15, -0.1) is 0 Å². The number of nitrogens with zero attached hydrogens (tertiary/aromatic N) is 4. The zero-order chi connectivity index (χ0) is 23.5. The maximum absolute atomic E-state index is 12.6. The maximum atomic E-state index is 12.6. The molecule has 172 valence electrons. The van der Waals surface area contributed by atoms with E-state index < -0.39 is 24.4 Å². The molecular formula is C24H21N5O5. The normalized spacial score (nSPS) is 19.7. The maximum Gasteiger partial charge on any atom is 0.338 e. The molecule has 3 heterocycles. The molecule has 2 aromatic heterocycles. The smallest absolute Gasteiger partial charge is 0.338 e. The lowest BCUT2D eigenvalue weighted by Crippen LogP contribution is -2.30. The van der Waals surface area contributed by atoms with Crippen molar-refractivity contribution < 1.29 is 24.2 Å². The van der Waals surface area contributed by atoms with Gasteiger partial charge < -0.3 is 19.9 Å². The Morgan fingerprint density at radius 1 is 1.03 bits per heavy atom. The summed E-state index contributed by atoms with van der Waals surface area (Å²) in [4.78, 5) is 37.9. The molecule has 4 aromatic rings. The standard InChI is InChI=1S/C24H21N5O5/c30-12-18-17(34-24(32)16-9-5-2-6-10-16)11-19(33-18)29-14-27-20-21(25-13-26-22(20)29)28-23(31)15-7-3-1-4-8-15/h1-10,13-14,17-19,30H,11-12H2,(H,25,26,28,31)/t17-,18-,19-/m0/s1. The Kier molecular flexibility index (Phi) is 5.98. The average Bonchev–Trinajstić information content (AvgIpc) is 3.49. The third-order valence-corrected chi connectivity index (χ3v) is 5.57. The second kappa shape index (κ2) is 9.38. The van der Waals surface area contributed by atoms with Gasteiger partial charge in [-0.1, -0.05) is 36.4 Å². The SMILES string of the molecule is O=C(Nc1ncnc2c1ncn2[C@@H]1C[C@H](OC(=O)c2ccccc2)[C@H](CO)O1)c1ccccc1. The Morgan fingerprint density at radius 3 is 2.44 bits per heavy atom. The van der Waals surface area contributed by atoms with Gasteiger partial charge in [0.15, 0.2) is 17.0 Å². The van der Waals surface area contributed by atoms with Crippen LogP contribution in [-0.2, 0) is 9.47 Å². The Hall–Kier alpha value is -4.15. The van der Waals surface area contributed by atoms with Gasteiger partial charge in [0.25, 0.3) is 5.91 Å². The highest BCUT2D eigenvalue weighted by Gasteiger charge is 2.39. The molecule has 5 rings (SSSR count). The molecule has 10 nitrogen and oxygen atoms in total. The number of fused-ring (bicyclic) bond motifs is 1. The molecule has 10 heteroatoms. The fourth-order valence-corrected chi connectivity index (χ4v) is 3.86. The van der Waals surface area contributed by atoms with E-state index in [9.17, 15) is 14.7 Å².